The zero-order chi connectivity index (χ0) is 11.8. The maximum absolute atomic E-state index is 13.4. The van der Waals surface area contributed by atoms with Crippen molar-refractivity contribution in [3.05, 3.63) is 59.4 Å². The summed E-state index contributed by atoms with van der Waals surface area (Å²) in [6.45, 7) is 0.620. The van der Waals surface area contributed by atoms with Crippen molar-refractivity contribution in [3.63, 3.8) is 0 Å². The van der Waals surface area contributed by atoms with Crippen LogP contribution in [0.3, 0.4) is 0 Å². The summed E-state index contributed by atoms with van der Waals surface area (Å²) in [7, 11) is 0. The van der Waals surface area contributed by atoms with E-state index in [4.69, 9.17) is 5.73 Å². The van der Waals surface area contributed by atoms with Gasteiger partial charge in [0, 0.05) is 5.92 Å². The first-order valence-corrected chi connectivity index (χ1v) is 5.90. The number of hydrogen-bond acceptors (Lipinski definition) is 1. The fraction of sp³-hybridized carbons (Fsp3) is 0.200. The van der Waals surface area contributed by atoms with Gasteiger partial charge in [-0.2, -0.15) is 0 Å². The molecule has 86 valence electrons. The summed E-state index contributed by atoms with van der Waals surface area (Å²) in [6.07, 6.45) is 0.869. The third-order valence-electron chi connectivity index (χ3n) is 3.47. The van der Waals surface area contributed by atoms with Gasteiger partial charge in [-0.25, -0.2) is 4.39 Å². The van der Waals surface area contributed by atoms with Crippen molar-refractivity contribution in [1.82, 2.24) is 0 Å². The molecule has 0 aliphatic heterocycles. The van der Waals surface area contributed by atoms with Gasteiger partial charge in [-0.1, -0.05) is 30.3 Å². The lowest BCUT2D eigenvalue weighted by atomic mass is 9.94. The van der Waals surface area contributed by atoms with E-state index in [0.29, 0.717) is 6.54 Å². The van der Waals surface area contributed by atoms with E-state index in [1.807, 2.05) is 18.2 Å². The Morgan fingerprint density at radius 3 is 2.59 bits per heavy atom. The fourth-order valence-corrected chi connectivity index (χ4v) is 2.76. The van der Waals surface area contributed by atoms with Gasteiger partial charge in [0.1, 0.15) is 5.82 Å². The second kappa shape index (κ2) is 3.97. The van der Waals surface area contributed by atoms with Gasteiger partial charge in [-0.15, -0.1) is 0 Å². The second-order valence-electron chi connectivity index (χ2n) is 4.45. The van der Waals surface area contributed by atoms with E-state index in [0.717, 1.165) is 17.5 Å². The lowest BCUT2D eigenvalue weighted by molar-refractivity contribution is 0.622. The van der Waals surface area contributed by atoms with Crippen molar-refractivity contribution in [1.29, 1.82) is 0 Å². The molecule has 2 aromatic carbocycles. The smallest absolute Gasteiger partial charge is 0.123 e. The Labute approximate surface area is 100 Å². The maximum atomic E-state index is 13.4. The van der Waals surface area contributed by atoms with Crippen LogP contribution in [0.15, 0.2) is 42.5 Å². The highest BCUT2D eigenvalue weighted by Gasteiger charge is 2.27. The minimum absolute atomic E-state index is 0.168. The molecule has 1 nitrogen and oxygen atoms in total. The van der Waals surface area contributed by atoms with E-state index in [-0.39, 0.29) is 11.7 Å². The molecule has 0 heterocycles. The molecule has 1 aliphatic rings. The molecule has 1 aliphatic carbocycles. The Hall–Kier alpha value is -1.67. The Kier molecular flexibility index (Phi) is 2.45. The summed E-state index contributed by atoms with van der Waals surface area (Å²) in [5.41, 5.74) is 10.4. The first kappa shape index (κ1) is 10.5. The van der Waals surface area contributed by atoms with Crippen LogP contribution in [0.2, 0.25) is 0 Å². The third-order valence-corrected chi connectivity index (χ3v) is 3.47. The van der Waals surface area contributed by atoms with Gasteiger partial charge in [0.25, 0.3) is 0 Å². The van der Waals surface area contributed by atoms with Crippen LogP contribution >= 0.6 is 0 Å². The molecule has 1 unspecified atom stereocenters. The number of halogens is 1. The molecule has 2 N–H and O–H groups in total. The number of benzene rings is 2. The summed E-state index contributed by atoms with van der Waals surface area (Å²) in [5.74, 6) is 0.0838. The topological polar surface area (TPSA) is 26.0 Å². The molecule has 0 amide bonds. The van der Waals surface area contributed by atoms with E-state index in [1.54, 1.807) is 6.07 Å². The molecule has 1 atom stereocenters. The van der Waals surface area contributed by atoms with E-state index >= 15 is 0 Å². The highest BCUT2D eigenvalue weighted by atomic mass is 19.1. The van der Waals surface area contributed by atoms with Gasteiger partial charge in [-0.3, -0.25) is 0 Å². The predicted molar refractivity (Wildman–Crippen MR) is 67.4 cm³/mol. The van der Waals surface area contributed by atoms with Crippen molar-refractivity contribution in [3.8, 4) is 11.1 Å². The number of nitrogens with two attached hydrogens (primary N) is 1. The highest BCUT2D eigenvalue weighted by molar-refractivity contribution is 5.78. The highest BCUT2D eigenvalue weighted by Crippen LogP contribution is 2.46. The van der Waals surface area contributed by atoms with Gasteiger partial charge in [-0.05, 0) is 47.4 Å². The molecule has 0 saturated carbocycles. The first-order valence-electron chi connectivity index (χ1n) is 5.90. The average Bonchev–Trinajstić information content (AvgIpc) is 2.65. The molecule has 0 spiro atoms. The molecule has 0 fully saturated rings. The molecule has 0 aromatic heterocycles. The summed E-state index contributed by atoms with van der Waals surface area (Å²) < 4.78 is 13.4. The quantitative estimate of drug-likeness (QED) is 0.837. The van der Waals surface area contributed by atoms with Crippen LogP contribution in [0.25, 0.3) is 11.1 Å². The zero-order valence-corrected chi connectivity index (χ0v) is 9.49. The molecule has 2 aromatic rings. The molecular formula is C15H14FN. The standard InChI is InChI=1S/C15H14FN/c16-10-5-6-13-11-3-1-2-4-12(11)14(7-8-17)15(13)9-10/h1-6,9,14H,7-8,17H2. The van der Waals surface area contributed by atoms with Crippen molar-refractivity contribution >= 4 is 0 Å². The van der Waals surface area contributed by atoms with Gasteiger partial charge < -0.3 is 5.73 Å². The normalized spacial score (nSPS) is 16.7. The van der Waals surface area contributed by atoms with Crippen LogP contribution in [-0.4, -0.2) is 6.54 Å². The molecule has 3 rings (SSSR count). The molecule has 0 saturated heterocycles. The Balaban J connectivity index is 2.22. The van der Waals surface area contributed by atoms with Gasteiger partial charge in [0.05, 0.1) is 0 Å². The monoisotopic (exact) mass is 227 g/mol. The Morgan fingerprint density at radius 1 is 1.00 bits per heavy atom. The Bertz CT molecular complexity index is 563. The van der Waals surface area contributed by atoms with E-state index < -0.39 is 0 Å². The van der Waals surface area contributed by atoms with Crippen molar-refractivity contribution in [2.45, 2.75) is 12.3 Å². The van der Waals surface area contributed by atoms with Crippen LogP contribution in [0, 0.1) is 5.82 Å². The van der Waals surface area contributed by atoms with Gasteiger partial charge in [0.15, 0.2) is 0 Å². The Morgan fingerprint density at radius 2 is 1.76 bits per heavy atom. The minimum Gasteiger partial charge on any atom is -0.330 e. The first-order chi connectivity index (χ1) is 8.31. The third kappa shape index (κ3) is 1.56. The maximum Gasteiger partial charge on any atom is 0.123 e. The SMILES string of the molecule is NCCC1c2ccccc2-c2ccc(F)cc21. The molecule has 0 bridgehead atoms. The largest absolute Gasteiger partial charge is 0.330 e. The second-order valence-corrected chi connectivity index (χ2v) is 4.45. The molecular weight excluding hydrogens is 213 g/mol. The van der Waals surface area contributed by atoms with Crippen molar-refractivity contribution in [2.75, 3.05) is 6.54 Å². The van der Waals surface area contributed by atoms with E-state index in [9.17, 15) is 4.39 Å². The summed E-state index contributed by atoms with van der Waals surface area (Å²) in [6, 6.07) is 13.3. The zero-order valence-electron chi connectivity index (χ0n) is 9.49. The minimum atomic E-state index is -0.168. The summed E-state index contributed by atoms with van der Waals surface area (Å²) >= 11 is 0. The predicted octanol–water partition coefficient (Wildman–Crippen LogP) is 3.29. The van der Waals surface area contributed by atoms with Crippen LogP contribution in [-0.2, 0) is 0 Å². The van der Waals surface area contributed by atoms with Crippen molar-refractivity contribution < 1.29 is 4.39 Å². The van der Waals surface area contributed by atoms with Crippen LogP contribution in [0.1, 0.15) is 23.5 Å². The molecule has 2 heteroatoms. The van der Waals surface area contributed by atoms with E-state index in [2.05, 4.69) is 12.1 Å². The van der Waals surface area contributed by atoms with Crippen LogP contribution < -0.4 is 5.73 Å². The summed E-state index contributed by atoms with van der Waals surface area (Å²) in [4.78, 5) is 0. The average molecular weight is 227 g/mol. The van der Waals surface area contributed by atoms with Gasteiger partial charge in [0.2, 0.25) is 0 Å². The molecule has 17 heavy (non-hydrogen) atoms. The fourth-order valence-electron chi connectivity index (χ4n) is 2.76. The number of hydrogen-bond donors (Lipinski definition) is 1. The van der Waals surface area contributed by atoms with Crippen LogP contribution in [0.5, 0.6) is 0 Å². The lowest BCUT2D eigenvalue weighted by Crippen LogP contribution is -2.06. The number of rotatable bonds is 2. The van der Waals surface area contributed by atoms with Crippen molar-refractivity contribution in [2.24, 2.45) is 5.73 Å². The van der Waals surface area contributed by atoms with Gasteiger partial charge >= 0.3 is 0 Å². The summed E-state index contributed by atoms with van der Waals surface area (Å²) in [5, 5.41) is 0. The van der Waals surface area contributed by atoms with Crippen LogP contribution in [0.4, 0.5) is 4.39 Å². The molecule has 0 radical (unpaired) electrons. The van der Waals surface area contributed by atoms with E-state index in [1.165, 1.54) is 17.2 Å². The lowest BCUT2D eigenvalue weighted by Gasteiger charge is -2.11. The number of fused-ring (bicyclic) bond motifs is 3.